The maximum Gasteiger partial charge on any atom is 0.408 e. The van der Waals surface area contributed by atoms with Crippen LogP contribution >= 0.6 is 11.8 Å². The summed E-state index contributed by atoms with van der Waals surface area (Å²) in [6, 6.07) is -1.06. The van der Waals surface area contributed by atoms with Gasteiger partial charge in [-0.1, -0.05) is 194 Å². The summed E-state index contributed by atoms with van der Waals surface area (Å²) in [5, 5.41) is 16.2. The van der Waals surface area contributed by atoms with Crippen LogP contribution in [0.25, 0.3) is 0 Å². The molecule has 6 amide bonds. The number of ether oxygens (including phenoxy) is 7. The molecule has 0 aliphatic heterocycles. The van der Waals surface area contributed by atoms with Gasteiger partial charge in [-0.05, 0) is 52.9 Å². The van der Waals surface area contributed by atoms with E-state index in [9.17, 15) is 47.9 Å². The Hall–Kier alpha value is -5.55. The number of nitrogens with one attached hydrogen (secondary N) is 6. The molecule has 3 atom stereocenters. The molecule has 0 fully saturated rings. The molecule has 0 aromatic carbocycles. The number of alkyl carbamates (subject to hydrolysis) is 3. The van der Waals surface area contributed by atoms with E-state index in [1.165, 1.54) is 167 Å². The number of unbranched alkanes of at least 4 members (excludes halogenated alkanes) is 28. The number of rotatable bonds is 59. The van der Waals surface area contributed by atoms with Crippen LogP contribution in [0.3, 0.4) is 0 Å². The molecular weight excluding hydrogens is 1220 g/mol. The lowest BCUT2D eigenvalue weighted by Crippen LogP contribution is -2.60. The van der Waals surface area contributed by atoms with Crippen LogP contribution < -0.4 is 31.9 Å². The summed E-state index contributed by atoms with van der Waals surface area (Å²) in [6.45, 7) is 11.6. The third-order valence-electron chi connectivity index (χ3n) is 15.2. The van der Waals surface area contributed by atoms with Gasteiger partial charge in [-0.2, -0.15) is 11.8 Å². The summed E-state index contributed by atoms with van der Waals surface area (Å²) in [5.74, 6) is -5.44. The van der Waals surface area contributed by atoms with E-state index < -0.39 is 109 Å². The number of thioether (sulfide) groups is 1. The summed E-state index contributed by atoms with van der Waals surface area (Å²) >= 11 is 1.20. The maximum absolute atomic E-state index is 14.3. The predicted molar refractivity (Wildman–Crippen MR) is 363 cm³/mol. The first kappa shape index (κ1) is 87.5. The van der Waals surface area contributed by atoms with Crippen molar-refractivity contribution in [3.05, 3.63) is 6.42 Å². The molecule has 0 rings (SSSR count). The largest absolute Gasteiger partial charge is 0.467 e. The van der Waals surface area contributed by atoms with Gasteiger partial charge in [0.05, 0.1) is 20.1 Å². The van der Waals surface area contributed by atoms with Crippen LogP contribution in [0.5, 0.6) is 0 Å². The molecule has 539 valence electrons. The highest BCUT2D eigenvalue weighted by molar-refractivity contribution is 7.99. The molecule has 0 bridgehead atoms. The van der Waals surface area contributed by atoms with E-state index in [0.717, 1.165) is 72.1 Å². The number of carbonyl (C=O) groups is 10. The van der Waals surface area contributed by atoms with Crippen molar-refractivity contribution in [1.29, 1.82) is 0 Å². The minimum absolute atomic E-state index is 0.0262. The van der Waals surface area contributed by atoms with Crippen molar-refractivity contribution in [3.63, 3.8) is 0 Å². The summed E-state index contributed by atoms with van der Waals surface area (Å²) < 4.78 is 37.0. The number of carbonyl (C=O) groups excluding carboxylic acids is 10. The molecule has 0 aliphatic carbocycles. The van der Waals surface area contributed by atoms with Crippen LogP contribution in [-0.4, -0.2) is 154 Å². The van der Waals surface area contributed by atoms with Gasteiger partial charge in [-0.15, -0.1) is 0 Å². The fourth-order valence-corrected chi connectivity index (χ4v) is 10.9. The Morgan fingerprint density at radius 2 is 0.914 bits per heavy atom. The van der Waals surface area contributed by atoms with E-state index >= 15 is 0 Å². The smallest absolute Gasteiger partial charge is 0.408 e. The highest BCUT2D eigenvalue weighted by Crippen LogP contribution is 2.20. The van der Waals surface area contributed by atoms with E-state index in [2.05, 4.69) is 45.7 Å². The zero-order valence-electron chi connectivity index (χ0n) is 58.8. The van der Waals surface area contributed by atoms with Crippen LogP contribution in [-0.2, 0) is 66.7 Å². The molecule has 0 aromatic rings. The normalized spacial score (nSPS) is 12.3. The van der Waals surface area contributed by atoms with Gasteiger partial charge >= 0.3 is 42.2 Å². The first-order valence-corrected chi connectivity index (χ1v) is 36.3. The number of hydrogen-bond donors (Lipinski definition) is 6. The fourth-order valence-electron chi connectivity index (χ4n) is 9.87. The second-order valence-corrected chi connectivity index (χ2v) is 26.6. The molecule has 0 aliphatic rings. The minimum Gasteiger partial charge on any atom is -0.467 e. The van der Waals surface area contributed by atoms with Crippen LogP contribution in [0.2, 0.25) is 0 Å². The van der Waals surface area contributed by atoms with Crippen molar-refractivity contribution in [2.45, 2.75) is 297 Å². The van der Waals surface area contributed by atoms with E-state index in [1.54, 1.807) is 20.8 Å². The third-order valence-corrected chi connectivity index (χ3v) is 16.4. The zero-order chi connectivity index (χ0) is 69.2. The van der Waals surface area contributed by atoms with Crippen LogP contribution in [0.1, 0.15) is 274 Å². The summed E-state index contributed by atoms with van der Waals surface area (Å²) in [7, 11) is 1.18. The Labute approximate surface area is 562 Å². The first-order chi connectivity index (χ1) is 44.5. The monoisotopic (exact) mass is 1340 g/mol. The van der Waals surface area contributed by atoms with Crippen molar-refractivity contribution in [2.24, 2.45) is 5.92 Å². The molecule has 1 radical (unpaired) electrons. The van der Waals surface area contributed by atoms with Crippen molar-refractivity contribution < 1.29 is 81.1 Å². The van der Waals surface area contributed by atoms with Crippen LogP contribution in [0, 0.1) is 12.3 Å². The van der Waals surface area contributed by atoms with Gasteiger partial charge in [0.15, 0.2) is 6.10 Å². The Morgan fingerprint density at radius 1 is 0.495 bits per heavy atom. The van der Waals surface area contributed by atoms with Crippen molar-refractivity contribution in [3.8, 4) is 0 Å². The average molecular weight is 1340 g/mol. The van der Waals surface area contributed by atoms with Gasteiger partial charge in [0.2, 0.25) is 17.7 Å². The molecule has 6 N–H and O–H groups in total. The Kier molecular flexibility index (Phi) is 54.4. The Bertz CT molecular complexity index is 2000. The second kappa shape index (κ2) is 57.9. The molecule has 0 saturated heterocycles. The van der Waals surface area contributed by atoms with Crippen LogP contribution in [0.15, 0.2) is 0 Å². The molecule has 0 saturated carbocycles. The molecule has 24 heteroatoms. The fraction of sp³-hybridized carbons (Fsp3) is 0.841. The zero-order valence-corrected chi connectivity index (χ0v) is 59.6. The molecule has 0 aromatic heterocycles. The average Bonchev–Trinajstić information content (AvgIpc) is 0.977. The minimum atomic E-state index is -1.74. The van der Waals surface area contributed by atoms with E-state index in [-0.39, 0.29) is 56.9 Å². The molecule has 0 heterocycles. The SMILES string of the molecule is CCCCCCCCCCCCCCCCCNC(=O)OCC(CNC(=O)CCSCC(C[CH]C(=O)NCCCC(NC(=O)OC(C)(C)C)C(=O)OC)C(=O)NC(COC(C)=O)(COC(C)=O)COC(C)=O)OC(=O)NCCCCCCCCCCCCCCCCC. The van der Waals surface area contributed by atoms with Crippen molar-refractivity contribution >= 4 is 71.6 Å². The lowest BCUT2D eigenvalue weighted by Gasteiger charge is -2.34. The van der Waals surface area contributed by atoms with Gasteiger partial charge in [0.25, 0.3) is 0 Å². The highest BCUT2D eigenvalue weighted by atomic mass is 32.2. The van der Waals surface area contributed by atoms with Gasteiger partial charge in [-0.3, -0.25) is 28.8 Å². The molecule has 23 nitrogen and oxygen atoms in total. The van der Waals surface area contributed by atoms with Gasteiger partial charge in [0.1, 0.15) is 43.6 Å². The predicted octanol–water partition coefficient (Wildman–Crippen LogP) is 12.5. The lowest BCUT2D eigenvalue weighted by molar-refractivity contribution is -0.157. The molecule has 3 unspecified atom stereocenters. The Balaban J connectivity index is 5.77. The van der Waals surface area contributed by atoms with Crippen molar-refractivity contribution in [1.82, 2.24) is 31.9 Å². The number of esters is 4. The van der Waals surface area contributed by atoms with E-state index in [1.807, 2.05) is 0 Å². The van der Waals surface area contributed by atoms with Gasteiger partial charge in [-0.25, -0.2) is 19.2 Å². The topological polar surface area (TPSA) is 307 Å². The highest BCUT2D eigenvalue weighted by Gasteiger charge is 2.39. The number of hydrogen-bond acceptors (Lipinski definition) is 18. The quantitative estimate of drug-likeness (QED) is 0.0187. The first-order valence-electron chi connectivity index (χ1n) is 35.1. The van der Waals surface area contributed by atoms with E-state index in [0.29, 0.717) is 13.1 Å². The number of methoxy groups -OCH3 is 1. The third kappa shape index (κ3) is 55.4. The van der Waals surface area contributed by atoms with Gasteiger partial charge < -0.3 is 65.1 Å². The molecular formula is C69H125N6O17S. The number of amides is 6. The van der Waals surface area contributed by atoms with E-state index in [4.69, 9.17) is 33.2 Å². The van der Waals surface area contributed by atoms with Gasteiger partial charge in [0, 0.05) is 64.2 Å². The second-order valence-electron chi connectivity index (χ2n) is 25.4. The Morgan fingerprint density at radius 3 is 1.33 bits per heavy atom. The standard InChI is InChI=1S/C69H125N6O17S/c1-10-12-14-16-18-20-22-24-26-28-30-32-34-36-38-45-71-65(83)87-50-59(91-66(84)72-46-39-37-35-33-31-29-27-25-23-21-19-17-15-13-11-2)49-73-62(80)44-48-93-51-58(63(81)75-69(52-88-55(3)76,53-89-56(4)77)54-90-57(5)78)42-43-61(79)70-47-40-41-60(64(82)86-9)74-67(85)92-68(6,7)8/h43,58-60H,10-42,44-54H2,1-9H3,(H,70,79)(H,71,83)(H,72,84)(H,73,80)(H,74,85)(H,75,81). The molecule has 93 heavy (non-hydrogen) atoms. The maximum atomic E-state index is 14.3. The summed E-state index contributed by atoms with van der Waals surface area (Å²) in [6.07, 6.45) is 34.8. The van der Waals surface area contributed by atoms with Crippen LogP contribution in [0.4, 0.5) is 14.4 Å². The van der Waals surface area contributed by atoms with Crippen molar-refractivity contribution in [2.75, 3.05) is 71.2 Å². The summed E-state index contributed by atoms with van der Waals surface area (Å²) in [5.41, 5.74) is -2.56. The summed E-state index contributed by atoms with van der Waals surface area (Å²) in [4.78, 5) is 128. The molecule has 0 spiro atoms. The lowest BCUT2D eigenvalue weighted by atomic mass is 9.98.